The van der Waals surface area contributed by atoms with Crippen molar-refractivity contribution in [1.29, 1.82) is 0 Å². The minimum Gasteiger partial charge on any atom is -0.353 e. The average Bonchev–Trinajstić information content (AvgIpc) is 2.28. The number of hydrogen-bond acceptors (Lipinski definition) is 2. The number of carbonyl (C=O) groups excluding carboxylic acids is 1. The van der Waals surface area contributed by atoms with Gasteiger partial charge in [0, 0.05) is 25.0 Å². The number of pyridine rings is 1. The number of unbranched alkanes of at least 4 members (excludes halogenated alkanes) is 1. The molecule has 0 unspecified atom stereocenters. The summed E-state index contributed by atoms with van der Waals surface area (Å²) in [6.07, 6.45) is 8.85. The highest BCUT2D eigenvalue weighted by Crippen LogP contribution is 1.98. The summed E-state index contributed by atoms with van der Waals surface area (Å²) in [5.41, 5.74) is 0.982. The fourth-order valence-electron chi connectivity index (χ4n) is 1.09. The van der Waals surface area contributed by atoms with Gasteiger partial charge in [-0.15, -0.1) is 0 Å². The molecule has 0 saturated carbocycles. The molecule has 1 heterocycles. The van der Waals surface area contributed by atoms with Gasteiger partial charge in [-0.25, -0.2) is 0 Å². The van der Waals surface area contributed by atoms with Crippen molar-refractivity contribution in [3.63, 3.8) is 0 Å². The molecule has 0 aliphatic rings. The van der Waals surface area contributed by atoms with Crippen molar-refractivity contribution in [2.45, 2.75) is 19.8 Å². The normalized spacial score (nSPS) is 10.5. The molecule has 0 radical (unpaired) electrons. The van der Waals surface area contributed by atoms with Crippen LogP contribution in [0.25, 0.3) is 6.08 Å². The number of nitrogens with zero attached hydrogens (tertiary/aromatic N) is 1. The highest BCUT2D eigenvalue weighted by atomic mass is 16.1. The quantitative estimate of drug-likeness (QED) is 0.589. The van der Waals surface area contributed by atoms with Crippen LogP contribution in [-0.2, 0) is 4.79 Å². The first-order valence-electron chi connectivity index (χ1n) is 5.19. The summed E-state index contributed by atoms with van der Waals surface area (Å²) in [5.74, 6) is -0.0414. The third-order valence-electron chi connectivity index (χ3n) is 1.96. The lowest BCUT2D eigenvalue weighted by Gasteiger charge is -1.98. The van der Waals surface area contributed by atoms with E-state index < -0.39 is 0 Å². The third kappa shape index (κ3) is 4.96. The van der Waals surface area contributed by atoms with Crippen molar-refractivity contribution in [3.05, 3.63) is 36.2 Å². The van der Waals surface area contributed by atoms with Crippen LogP contribution in [0.15, 0.2) is 30.6 Å². The van der Waals surface area contributed by atoms with E-state index in [0.717, 1.165) is 24.9 Å². The molecule has 0 fully saturated rings. The molecule has 0 aromatic carbocycles. The fraction of sp³-hybridized carbons (Fsp3) is 0.333. The van der Waals surface area contributed by atoms with E-state index in [2.05, 4.69) is 17.2 Å². The van der Waals surface area contributed by atoms with Crippen LogP contribution in [0.3, 0.4) is 0 Å². The van der Waals surface area contributed by atoms with Gasteiger partial charge in [0.25, 0.3) is 0 Å². The standard InChI is InChI=1S/C12H16N2O/c1-2-3-8-14-12(15)5-4-11-6-9-13-10-7-11/h4-7,9-10H,2-3,8H2,1H3,(H,14,15)/b5-4+. The summed E-state index contributed by atoms with van der Waals surface area (Å²) in [5, 5.41) is 2.81. The van der Waals surface area contributed by atoms with Gasteiger partial charge >= 0.3 is 0 Å². The van der Waals surface area contributed by atoms with Gasteiger partial charge in [0.2, 0.25) is 5.91 Å². The summed E-state index contributed by atoms with van der Waals surface area (Å²) >= 11 is 0. The Morgan fingerprint density at radius 1 is 1.47 bits per heavy atom. The molecule has 1 N–H and O–H groups in total. The molecule has 1 rings (SSSR count). The predicted octanol–water partition coefficient (Wildman–Crippen LogP) is 2.01. The van der Waals surface area contributed by atoms with Crippen LogP contribution < -0.4 is 5.32 Å². The van der Waals surface area contributed by atoms with E-state index >= 15 is 0 Å². The van der Waals surface area contributed by atoms with Crippen molar-refractivity contribution >= 4 is 12.0 Å². The van der Waals surface area contributed by atoms with E-state index in [1.807, 2.05) is 12.1 Å². The van der Waals surface area contributed by atoms with Crippen molar-refractivity contribution < 1.29 is 4.79 Å². The Bertz CT molecular complexity index is 320. The van der Waals surface area contributed by atoms with E-state index in [9.17, 15) is 4.79 Å². The molecule has 3 heteroatoms. The van der Waals surface area contributed by atoms with Crippen LogP contribution in [0, 0.1) is 0 Å². The minimum absolute atomic E-state index is 0.0414. The van der Waals surface area contributed by atoms with Gasteiger partial charge in [0.1, 0.15) is 0 Å². The monoisotopic (exact) mass is 204 g/mol. The smallest absolute Gasteiger partial charge is 0.243 e. The first-order valence-corrected chi connectivity index (χ1v) is 5.19. The van der Waals surface area contributed by atoms with Crippen LogP contribution in [0.4, 0.5) is 0 Å². The van der Waals surface area contributed by atoms with E-state index in [1.165, 1.54) is 0 Å². The summed E-state index contributed by atoms with van der Waals surface area (Å²) < 4.78 is 0. The van der Waals surface area contributed by atoms with Crippen molar-refractivity contribution in [3.8, 4) is 0 Å². The SMILES string of the molecule is CCCCNC(=O)/C=C/c1ccncc1. The Labute approximate surface area is 90.2 Å². The van der Waals surface area contributed by atoms with E-state index in [0.29, 0.717) is 0 Å². The second-order valence-electron chi connectivity index (χ2n) is 3.26. The number of aromatic nitrogens is 1. The predicted molar refractivity (Wildman–Crippen MR) is 61.2 cm³/mol. The Morgan fingerprint density at radius 3 is 2.87 bits per heavy atom. The Morgan fingerprint density at radius 2 is 2.20 bits per heavy atom. The first-order chi connectivity index (χ1) is 7.33. The topological polar surface area (TPSA) is 42.0 Å². The van der Waals surface area contributed by atoms with Gasteiger partial charge in [0.05, 0.1) is 0 Å². The lowest BCUT2D eigenvalue weighted by atomic mass is 10.2. The van der Waals surface area contributed by atoms with E-state index in [1.54, 1.807) is 24.5 Å². The van der Waals surface area contributed by atoms with Gasteiger partial charge in [-0.2, -0.15) is 0 Å². The summed E-state index contributed by atoms with van der Waals surface area (Å²) in [6, 6.07) is 3.71. The van der Waals surface area contributed by atoms with Crippen LogP contribution in [0.2, 0.25) is 0 Å². The fourth-order valence-corrected chi connectivity index (χ4v) is 1.09. The Balaban J connectivity index is 2.34. The molecular formula is C12H16N2O. The van der Waals surface area contributed by atoms with Gasteiger partial charge < -0.3 is 5.32 Å². The molecular weight excluding hydrogens is 188 g/mol. The summed E-state index contributed by atoms with van der Waals surface area (Å²) in [6.45, 7) is 2.84. The number of carbonyl (C=O) groups is 1. The molecule has 0 atom stereocenters. The highest BCUT2D eigenvalue weighted by molar-refractivity contribution is 5.91. The summed E-state index contributed by atoms with van der Waals surface area (Å²) in [4.78, 5) is 15.2. The third-order valence-corrected chi connectivity index (χ3v) is 1.96. The zero-order valence-electron chi connectivity index (χ0n) is 8.94. The van der Waals surface area contributed by atoms with Crippen LogP contribution >= 0.6 is 0 Å². The van der Waals surface area contributed by atoms with Gasteiger partial charge in [-0.1, -0.05) is 13.3 Å². The maximum Gasteiger partial charge on any atom is 0.243 e. The molecule has 80 valence electrons. The second kappa shape index (κ2) is 6.76. The van der Waals surface area contributed by atoms with Crippen molar-refractivity contribution in [2.24, 2.45) is 0 Å². The second-order valence-corrected chi connectivity index (χ2v) is 3.26. The molecule has 0 aliphatic heterocycles. The van der Waals surface area contributed by atoms with Crippen molar-refractivity contribution in [2.75, 3.05) is 6.54 Å². The average molecular weight is 204 g/mol. The Hall–Kier alpha value is -1.64. The molecule has 1 aromatic heterocycles. The Kier molecular flexibility index (Phi) is 5.15. The zero-order chi connectivity index (χ0) is 10.9. The highest BCUT2D eigenvalue weighted by Gasteiger charge is 1.93. The minimum atomic E-state index is -0.0414. The molecule has 0 saturated heterocycles. The van der Waals surface area contributed by atoms with E-state index in [-0.39, 0.29) is 5.91 Å². The van der Waals surface area contributed by atoms with Gasteiger partial charge in [-0.3, -0.25) is 9.78 Å². The van der Waals surface area contributed by atoms with Crippen LogP contribution in [-0.4, -0.2) is 17.4 Å². The van der Waals surface area contributed by atoms with Crippen LogP contribution in [0.1, 0.15) is 25.3 Å². The summed E-state index contributed by atoms with van der Waals surface area (Å²) in [7, 11) is 0. The molecule has 0 bridgehead atoms. The largest absolute Gasteiger partial charge is 0.353 e. The molecule has 0 aliphatic carbocycles. The van der Waals surface area contributed by atoms with E-state index in [4.69, 9.17) is 0 Å². The lowest BCUT2D eigenvalue weighted by Crippen LogP contribution is -2.21. The van der Waals surface area contributed by atoms with Crippen molar-refractivity contribution in [1.82, 2.24) is 10.3 Å². The maximum atomic E-state index is 11.3. The number of rotatable bonds is 5. The number of hydrogen-bond donors (Lipinski definition) is 1. The first kappa shape index (κ1) is 11.4. The maximum absolute atomic E-state index is 11.3. The molecule has 0 spiro atoms. The lowest BCUT2D eigenvalue weighted by molar-refractivity contribution is -0.116. The molecule has 1 aromatic rings. The molecule has 3 nitrogen and oxygen atoms in total. The molecule has 1 amide bonds. The zero-order valence-corrected chi connectivity index (χ0v) is 8.94. The van der Waals surface area contributed by atoms with Gasteiger partial charge in [0.15, 0.2) is 0 Å². The van der Waals surface area contributed by atoms with Crippen LogP contribution in [0.5, 0.6) is 0 Å². The number of nitrogens with one attached hydrogen (secondary N) is 1. The number of amides is 1. The molecule has 15 heavy (non-hydrogen) atoms. The van der Waals surface area contributed by atoms with Gasteiger partial charge in [-0.05, 0) is 30.2 Å².